The fraction of sp³-hybridized carbons (Fsp3) is 0.200. The Balaban J connectivity index is 1.70. The predicted octanol–water partition coefficient (Wildman–Crippen LogP) is 4.29. The zero-order valence-electron chi connectivity index (χ0n) is 17.6. The molecule has 0 radical (unpaired) electrons. The van der Waals surface area contributed by atoms with Crippen molar-refractivity contribution in [3.8, 4) is 11.5 Å². The van der Waals surface area contributed by atoms with Crippen molar-refractivity contribution in [2.75, 3.05) is 18.1 Å². The first-order valence-electron chi connectivity index (χ1n) is 10.3. The fourth-order valence-electron chi connectivity index (χ4n) is 4.14. The van der Waals surface area contributed by atoms with E-state index in [0.29, 0.717) is 41.7 Å². The van der Waals surface area contributed by atoms with Crippen LogP contribution < -0.4 is 14.4 Å². The zero-order valence-corrected chi connectivity index (χ0v) is 17.6. The minimum atomic E-state index is -0.904. The third-order valence-corrected chi connectivity index (χ3v) is 5.91. The van der Waals surface area contributed by atoms with Crippen molar-refractivity contribution in [3.63, 3.8) is 0 Å². The van der Waals surface area contributed by atoms with Gasteiger partial charge >= 0.3 is 0 Å². The molecule has 1 atom stereocenters. The highest BCUT2D eigenvalue weighted by Crippen LogP contribution is 2.44. The number of rotatable bonds is 3. The van der Waals surface area contributed by atoms with Gasteiger partial charge in [-0.2, -0.15) is 0 Å². The SMILES string of the molecule is Cc1cccc(N2C(=O)C(=O)/C(=C(\O)c3ccc4c(c3)OCCO4)C2c2ccco2)c1C. The average molecular weight is 431 g/mol. The highest BCUT2D eigenvalue weighted by molar-refractivity contribution is 6.51. The van der Waals surface area contributed by atoms with Crippen LogP contribution in [0, 0.1) is 13.8 Å². The Bertz CT molecular complexity index is 1260. The third kappa shape index (κ3) is 3.05. The molecular weight excluding hydrogens is 410 g/mol. The van der Waals surface area contributed by atoms with E-state index >= 15 is 0 Å². The van der Waals surface area contributed by atoms with Crippen LogP contribution in [-0.4, -0.2) is 30.0 Å². The number of benzene rings is 2. The van der Waals surface area contributed by atoms with Crippen molar-refractivity contribution in [2.45, 2.75) is 19.9 Å². The van der Waals surface area contributed by atoms with Crippen molar-refractivity contribution >= 4 is 23.1 Å². The maximum absolute atomic E-state index is 13.2. The van der Waals surface area contributed by atoms with Crippen LogP contribution in [0.2, 0.25) is 0 Å². The van der Waals surface area contributed by atoms with E-state index in [9.17, 15) is 14.7 Å². The molecule has 0 bridgehead atoms. The molecule has 7 nitrogen and oxygen atoms in total. The van der Waals surface area contributed by atoms with Gasteiger partial charge < -0.3 is 19.0 Å². The Hall–Kier alpha value is -4.00. The quantitative estimate of drug-likeness (QED) is 0.378. The van der Waals surface area contributed by atoms with Gasteiger partial charge in [-0.05, 0) is 61.4 Å². The Kier molecular flexibility index (Phi) is 4.74. The van der Waals surface area contributed by atoms with E-state index in [1.165, 1.54) is 11.2 Å². The molecule has 2 aliphatic rings. The van der Waals surface area contributed by atoms with E-state index in [0.717, 1.165) is 11.1 Å². The first-order chi connectivity index (χ1) is 15.5. The number of ether oxygens (including phenoxy) is 2. The number of aryl methyl sites for hydroxylation is 1. The number of aliphatic hydroxyl groups excluding tert-OH is 1. The molecule has 1 saturated heterocycles. The Morgan fingerprint density at radius 1 is 1.00 bits per heavy atom. The number of ketones is 1. The fourth-order valence-corrected chi connectivity index (χ4v) is 4.14. The predicted molar refractivity (Wildman–Crippen MR) is 117 cm³/mol. The topological polar surface area (TPSA) is 89.2 Å². The lowest BCUT2D eigenvalue weighted by atomic mass is 9.98. The van der Waals surface area contributed by atoms with E-state index in [2.05, 4.69) is 0 Å². The molecule has 0 aliphatic carbocycles. The molecule has 0 spiro atoms. The molecule has 0 saturated carbocycles. The van der Waals surface area contributed by atoms with E-state index in [1.54, 1.807) is 36.4 Å². The van der Waals surface area contributed by atoms with Crippen LogP contribution in [0.1, 0.15) is 28.5 Å². The Morgan fingerprint density at radius 3 is 2.53 bits per heavy atom. The molecule has 32 heavy (non-hydrogen) atoms. The molecule has 5 rings (SSSR count). The summed E-state index contributed by atoms with van der Waals surface area (Å²) in [7, 11) is 0. The minimum Gasteiger partial charge on any atom is -0.507 e. The van der Waals surface area contributed by atoms with Crippen molar-refractivity contribution in [2.24, 2.45) is 0 Å². The molecule has 1 fully saturated rings. The molecule has 1 amide bonds. The molecule has 7 heteroatoms. The van der Waals surface area contributed by atoms with Crippen molar-refractivity contribution in [3.05, 3.63) is 82.8 Å². The summed E-state index contributed by atoms with van der Waals surface area (Å²) in [6.45, 7) is 4.66. The number of nitrogens with zero attached hydrogens (tertiary/aromatic N) is 1. The smallest absolute Gasteiger partial charge is 0.300 e. The van der Waals surface area contributed by atoms with Gasteiger partial charge in [0.15, 0.2) is 11.5 Å². The van der Waals surface area contributed by atoms with Gasteiger partial charge in [-0.3, -0.25) is 14.5 Å². The van der Waals surface area contributed by atoms with E-state index < -0.39 is 17.7 Å². The Labute approximate surface area is 184 Å². The standard InChI is InChI=1S/C25H21NO6/c1-14-5-3-6-17(15(14)2)26-22(19-7-4-10-30-19)21(24(28)25(26)29)23(27)16-8-9-18-20(13-16)32-12-11-31-18/h3-10,13,22,27H,11-12H2,1-2H3/b23-21-. The molecule has 1 aromatic heterocycles. The number of anilines is 1. The molecule has 2 aliphatic heterocycles. The molecular formula is C25H21NO6. The number of Topliss-reactive ketones (excluding diaryl/α,β-unsaturated/α-hetero) is 1. The van der Waals surface area contributed by atoms with Gasteiger partial charge in [-0.15, -0.1) is 0 Å². The third-order valence-electron chi connectivity index (χ3n) is 5.91. The molecule has 1 unspecified atom stereocenters. The molecule has 3 aromatic rings. The highest BCUT2D eigenvalue weighted by Gasteiger charge is 2.48. The van der Waals surface area contributed by atoms with Gasteiger partial charge in [0.25, 0.3) is 11.7 Å². The number of hydrogen-bond donors (Lipinski definition) is 1. The number of fused-ring (bicyclic) bond motifs is 1. The number of amides is 1. The van der Waals surface area contributed by atoms with Crippen molar-refractivity contribution in [1.29, 1.82) is 0 Å². The van der Waals surface area contributed by atoms with Crippen molar-refractivity contribution in [1.82, 2.24) is 0 Å². The summed E-state index contributed by atoms with van der Waals surface area (Å²) in [5.74, 6) is -0.387. The first-order valence-corrected chi connectivity index (χ1v) is 10.3. The maximum atomic E-state index is 13.2. The van der Waals surface area contributed by atoms with Gasteiger partial charge in [0, 0.05) is 11.3 Å². The van der Waals surface area contributed by atoms with Gasteiger partial charge in [0.1, 0.15) is 30.8 Å². The first kappa shape index (κ1) is 19.9. The lowest BCUT2D eigenvalue weighted by Crippen LogP contribution is -2.30. The van der Waals surface area contributed by atoms with Crippen molar-refractivity contribution < 1.29 is 28.6 Å². The Morgan fingerprint density at radius 2 is 1.78 bits per heavy atom. The lowest BCUT2D eigenvalue weighted by molar-refractivity contribution is -0.132. The highest BCUT2D eigenvalue weighted by atomic mass is 16.6. The number of carbonyl (C=O) groups excluding carboxylic acids is 2. The van der Waals surface area contributed by atoms with Crippen LogP contribution in [0.25, 0.3) is 5.76 Å². The summed E-state index contributed by atoms with van der Waals surface area (Å²) in [6.07, 6.45) is 1.47. The second-order valence-electron chi connectivity index (χ2n) is 7.76. The monoisotopic (exact) mass is 431 g/mol. The number of hydrogen-bond acceptors (Lipinski definition) is 6. The van der Waals surface area contributed by atoms with E-state index in [1.807, 2.05) is 26.0 Å². The van der Waals surface area contributed by atoms with Crippen LogP contribution >= 0.6 is 0 Å². The van der Waals surface area contributed by atoms with Gasteiger partial charge in [0.2, 0.25) is 0 Å². The zero-order chi connectivity index (χ0) is 22.4. The summed E-state index contributed by atoms with van der Waals surface area (Å²) < 4.78 is 16.7. The van der Waals surface area contributed by atoms with Crippen LogP contribution in [0.3, 0.4) is 0 Å². The maximum Gasteiger partial charge on any atom is 0.300 e. The molecule has 1 N–H and O–H groups in total. The van der Waals surface area contributed by atoms with Crippen LogP contribution in [0.15, 0.2) is 64.8 Å². The van der Waals surface area contributed by atoms with Crippen LogP contribution in [0.5, 0.6) is 11.5 Å². The summed E-state index contributed by atoms with van der Waals surface area (Å²) in [5, 5.41) is 11.2. The van der Waals surface area contributed by atoms with Crippen LogP contribution in [-0.2, 0) is 9.59 Å². The minimum absolute atomic E-state index is 0.0393. The van der Waals surface area contributed by atoms with E-state index in [4.69, 9.17) is 13.9 Å². The van der Waals surface area contributed by atoms with Crippen LogP contribution in [0.4, 0.5) is 5.69 Å². The lowest BCUT2D eigenvalue weighted by Gasteiger charge is -2.25. The number of aliphatic hydroxyl groups is 1. The van der Waals surface area contributed by atoms with Gasteiger partial charge in [0.05, 0.1) is 11.8 Å². The second kappa shape index (κ2) is 7.60. The summed E-state index contributed by atoms with van der Waals surface area (Å²) in [6, 6.07) is 12.9. The summed E-state index contributed by atoms with van der Waals surface area (Å²) >= 11 is 0. The normalized spacial score (nSPS) is 19.4. The average Bonchev–Trinajstić information content (AvgIpc) is 3.42. The molecule has 2 aromatic carbocycles. The van der Waals surface area contributed by atoms with E-state index in [-0.39, 0.29) is 11.3 Å². The molecule has 3 heterocycles. The van der Waals surface area contributed by atoms with Gasteiger partial charge in [-0.25, -0.2) is 0 Å². The van der Waals surface area contributed by atoms with Gasteiger partial charge in [-0.1, -0.05) is 12.1 Å². The number of furan rings is 1. The largest absolute Gasteiger partial charge is 0.507 e. The summed E-state index contributed by atoms with van der Waals surface area (Å²) in [4.78, 5) is 27.8. The number of carbonyl (C=O) groups is 2. The second-order valence-corrected chi connectivity index (χ2v) is 7.76. The molecule has 162 valence electrons. The summed E-state index contributed by atoms with van der Waals surface area (Å²) in [5.41, 5.74) is 2.75.